The highest BCUT2D eigenvalue weighted by Gasteiger charge is 2.43. The normalized spacial score (nSPS) is 11.0. The van der Waals surface area contributed by atoms with Crippen molar-refractivity contribution in [3.63, 3.8) is 0 Å². The third-order valence-corrected chi connectivity index (χ3v) is 3.57. The fourth-order valence-electron chi connectivity index (χ4n) is 1.82. The molecule has 0 aromatic rings. The number of hydrogen-bond donors (Lipinski definition) is 1. The Morgan fingerprint density at radius 2 is 1.37 bits per heavy atom. The predicted molar refractivity (Wildman–Crippen MR) is 99.9 cm³/mol. The minimum absolute atomic E-state index is 0. The van der Waals surface area contributed by atoms with Gasteiger partial charge in [-0.1, -0.05) is 26.5 Å². The van der Waals surface area contributed by atoms with Crippen LogP contribution in [0.2, 0.25) is 0 Å². The zero-order valence-corrected chi connectivity index (χ0v) is 15.9. The van der Waals surface area contributed by atoms with Crippen molar-refractivity contribution >= 4 is 51.1 Å². The first-order valence-corrected chi connectivity index (χ1v) is 9.23. The van der Waals surface area contributed by atoms with E-state index in [1.54, 1.807) is 6.92 Å². The third-order valence-electron chi connectivity index (χ3n) is 3.16. The van der Waals surface area contributed by atoms with Crippen LogP contribution in [0.5, 0.6) is 0 Å². The summed E-state index contributed by atoms with van der Waals surface area (Å²) in [6.45, 7) is 10.3. The number of esters is 3. The van der Waals surface area contributed by atoms with Crippen molar-refractivity contribution in [2.75, 3.05) is 19.2 Å². The van der Waals surface area contributed by atoms with Gasteiger partial charge in [0.25, 0.3) is 0 Å². The highest BCUT2D eigenvalue weighted by atomic mass is 32.2. The fourth-order valence-corrected chi connectivity index (χ4v) is 2.08. The molecule has 0 unspecified atom stereocenters. The molecule has 0 radical (unpaired) electrons. The van der Waals surface area contributed by atoms with Gasteiger partial charge in [0.15, 0.2) is 0 Å². The second-order valence-corrected chi connectivity index (χ2v) is 7.27. The maximum Gasteiger partial charge on any atom is 0.333 e. The van der Waals surface area contributed by atoms with E-state index in [1.807, 2.05) is 0 Å². The van der Waals surface area contributed by atoms with Crippen LogP contribution in [-0.2, 0) is 38.7 Å². The Labute approximate surface area is 175 Å². The Balaban J connectivity index is 0. The van der Waals surface area contributed by atoms with Crippen LogP contribution in [0.15, 0.2) is 24.3 Å². The van der Waals surface area contributed by atoms with Gasteiger partial charge in [-0.15, -0.1) is 0 Å². The topological polar surface area (TPSA) is 133 Å². The van der Waals surface area contributed by atoms with Crippen molar-refractivity contribution in [3.05, 3.63) is 24.3 Å². The lowest BCUT2D eigenvalue weighted by Crippen LogP contribution is -2.43. The molecule has 1 N–H and O–H groups in total. The lowest BCUT2D eigenvalue weighted by atomic mass is 9.85. The molecule has 0 atom stereocenters. The maximum atomic E-state index is 12.4. The van der Waals surface area contributed by atoms with Crippen molar-refractivity contribution in [1.29, 1.82) is 0 Å². The van der Waals surface area contributed by atoms with Gasteiger partial charge in [-0.25, -0.2) is 9.59 Å². The van der Waals surface area contributed by atoms with E-state index in [0.29, 0.717) is 6.42 Å². The van der Waals surface area contributed by atoms with Crippen LogP contribution in [-0.4, -0.2) is 73.1 Å². The Morgan fingerprint density at radius 1 is 0.963 bits per heavy atom. The maximum absolute atomic E-state index is 12.4. The van der Waals surface area contributed by atoms with Crippen LogP contribution in [0, 0.1) is 5.41 Å². The molecule has 0 aliphatic heterocycles. The molecule has 0 aromatic carbocycles. The second kappa shape index (κ2) is 12.1. The monoisotopic (exact) mass is 418 g/mol. The molecule has 0 spiro atoms. The minimum Gasteiger partial charge on any atom is -0.461 e. The largest absolute Gasteiger partial charge is 0.461 e. The molecule has 0 saturated carbocycles. The van der Waals surface area contributed by atoms with E-state index in [2.05, 4.69) is 17.9 Å². The molecule has 27 heavy (non-hydrogen) atoms. The quantitative estimate of drug-likeness (QED) is 0.167. The number of ether oxygens (including phenoxy) is 3. The van der Waals surface area contributed by atoms with Gasteiger partial charge in [-0.2, -0.15) is 8.42 Å². The molecule has 0 amide bonds. The third kappa shape index (κ3) is 10.5. The van der Waals surface area contributed by atoms with E-state index in [4.69, 9.17) is 14.0 Å². The van der Waals surface area contributed by atoms with Crippen LogP contribution in [0.25, 0.3) is 0 Å². The molecular weight excluding hydrogens is 393 g/mol. The van der Waals surface area contributed by atoms with E-state index in [0.717, 1.165) is 0 Å². The van der Waals surface area contributed by atoms with E-state index < -0.39 is 52.6 Å². The van der Waals surface area contributed by atoms with Crippen molar-refractivity contribution < 1.29 is 41.6 Å². The highest BCUT2D eigenvalue weighted by molar-refractivity contribution is 7.85. The van der Waals surface area contributed by atoms with Gasteiger partial charge in [-0.05, 0) is 20.3 Å². The molecule has 0 heterocycles. The van der Waals surface area contributed by atoms with Gasteiger partial charge in [0, 0.05) is 11.1 Å². The van der Waals surface area contributed by atoms with Gasteiger partial charge in [-0.3, -0.25) is 9.35 Å². The van der Waals surface area contributed by atoms with Crippen molar-refractivity contribution in [3.8, 4) is 0 Å². The lowest BCUT2D eigenvalue weighted by molar-refractivity contribution is -0.169. The first-order chi connectivity index (χ1) is 11.8. The summed E-state index contributed by atoms with van der Waals surface area (Å²) in [6.07, 6.45) is 0.459. The molecule has 0 bridgehead atoms. The van der Waals surface area contributed by atoms with Crippen LogP contribution in [0.4, 0.5) is 0 Å². The SMILES string of the molecule is C=C(C)C(=O)OCC(CCC)(COC(=O)C(=C)C)C(=O)OCS(=O)(=O)O.[MgH2]. The number of carbonyl (C=O) groups excluding carboxylic acids is 3. The summed E-state index contributed by atoms with van der Waals surface area (Å²) in [5, 5.41) is 0. The van der Waals surface area contributed by atoms with Gasteiger partial charge in [0.2, 0.25) is 5.94 Å². The Hall–Kier alpha value is -1.43. The second-order valence-electron chi connectivity index (χ2n) is 5.87. The zero-order chi connectivity index (χ0) is 20.5. The molecule has 0 aliphatic carbocycles. The summed E-state index contributed by atoms with van der Waals surface area (Å²) >= 11 is 0. The Morgan fingerprint density at radius 3 is 1.67 bits per heavy atom. The summed E-state index contributed by atoms with van der Waals surface area (Å²) in [5.41, 5.74) is -1.48. The average Bonchev–Trinajstić information content (AvgIpc) is 2.53. The summed E-state index contributed by atoms with van der Waals surface area (Å²) in [5.74, 6) is -3.93. The smallest absolute Gasteiger partial charge is 0.333 e. The minimum atomic E-state index is -4.57. The summed E-state index contributed by atoms with van der Waals surface area (Å²) in [4.78, 5) is 35.7. The number of hydrogen-bond acceptors (Lipinski definition) is 8. The predicted octanol–water partition coefficient (Wildman–Crippen LogP) is 0.484. The molecule has 0 saturated heterocycles. The van der Waals surface area contributed by atoms with Gasteiger partial charge < -0.3 is 14.2 Å². The van der Waals surface area contributed by atoms with Crippen LogP contribution < -0.4 is 0 Å². The number of carbonyl (C=O) groups is 3. The zero-order valence-electron chi connectivity index (χ0n) is 15.1. The molecule has 0 fully saturated rings. The first kappa shape index (κ1) is 27.8. The van der Waals surface area contributed by atoms with Crippen molar-refractivity contribution in [2.24, 2.45) is 5.41 Å². The van der Waals surface area contributed by atoms with Gasteiger partial charge in [0.1, 0.15) is 18.6 Å². The van der Waals surface area contributed by atoms with Crippen LogP contribution in [0.3, 0.4) is 0 Å². The van der Waals surface area contributed by atoms with Crippen LogP contribution in [0.1, 0.15) is 33.6 Å². The molecule has 0 rings (SSSR count). The fraction of sp³-hybridized carbons (Fsp3) is 0.562. The molecule has 152 valence electrons. The summed E-state index contributed by atoms with van der Waals surface area (Å²) < 4.78 is 45.0. The van der Waals surface area contributed by atoms with Gasteiger partial charge >= 0.3 is 51.1 Å². The molecule has 0 aliphatic rings. The molecule has 0 aromatic heterocycles. The van der Waals surface area contributed by atoms with E-state index in [9.17, 15) is 22.8 Å². The Kier molecular flexibility index (Phi) is 12.5. The van der Waals surface area contributed by atoms with Crippen molar-refractivity contribution in [1.82, 2.24) is 0 Å². The van der Waals surface area contributed by atoms with E-state index in [-0.39, 0.29) is 40.6 Å². The molecule has 9 nitrogen and oxygen atoms in total. The average molecular weight is 419 g/mol. The highest BCUT2D eigenvalue weighted by Crippen LogP contribution is 2.28. The van der Waals surface area contributed by atoms with Gasteiger partial charge in [0.05, 0.1) is 0 Å². The molecular formula is C16H26MgO9S. The lowest BCUT2D eigenvalue weighted by Gasteiger charge is -2.30. The summed E-state index contributed by atoms with van der Waals surface area (Å²) in [7, 11) is -4.57. The Bertz CT molecular complexity index is 652. The number of rotatable bonds is 11. The van der Waals surface area contributed by atoms with Crippen LogP contribution >= 0.6 is 0 Å². The first-order valence-electron chi connectivity index (χ1n) is 7.62. The van der Waals surface area contributed by atoms with E-state index >= 15 is 0 Å². The standard InChI is InChI=1S/C16H24O9S.Mg.2H/c1-6-7-16(8-23-13(17)11(2)3,9-24-14(18)12(4)5)15(19)25-10-26(20,21)22;;;/h2,4,6-10H2,1,3,5H3,(H,20,21,22);;;. The van der Waals surface area contributed by atoms with Crippen molar-refractivity contribution in [2.45, 2.75) is 33.6 Å². The van der Waals surface area contributed by atoms with E-state index in [1.165, 1.54) is 13.8 Å². The molecule has 11 heteroatoms. The summed E-state index contributed by atoms with van der Waals surface area (Å²) in [6, 6.07) is 0.